The highest BCUT2D eigenvalue weighted by molar-refractivity contribution is 5.96. The molecule has 0 bridgehead atoms. The van der Waals surface area contributed by atoms with Gasteiger partial charge in [-0.15, -0.1) is 0 Å². The van der Waals surface area contributed by atoms with Crippen molar-refractivity contribution in [3.8, 4) is 0 Å². The number of ether oxygens (including phenoxy) is 1. The molecule has 5 heteroatoms. The third-order valence-electron chi connectivity index (χ3n) is 3.83. The largest absolute Gasteiger partial charge is 0.465 e. The smallest absolute Gasteiger partial charge is 0.340 e. The Bertz CT molecular complexity index is 484. The number of nitrogens with zero attached hydrogens (tertiary/aromatic N) is 1. The molecule has 0 aliphatic carbocycles. The van der Waals surface area contributed by atoms with Crippen LogP contribution in [0.2, 0.25) is 0 Å². The summed E-state index contributed by atoms with van der Waals surface area (Å²) in [4.78, 5) is 14.3. The van der Waals surface area contributed by atoms with Gasteiger partial charge in [0.2, 0.25) is 0 Å². The molecule has 1 aliphatic rings. The van der Waals surface area contributed by atoms with Gasteiger partial charge >= 0.3 is 5.97 Å². The van der Waals surface area contributed by atoms with Crippen LogP contribution in [0.3, 0.4) is 0 Å². The Balaban J connectivity index is 2.02. The molecule has 1 heterocycles. The molecule has 0 saturated carbocycles. The van der Waals surface area contributed by atoms with Gasteiger partial charge in [-0.1, -0.05) is 6.42 Å². The van der Waals surface area contributed by atoms with Gasteiger partial charge in [-0.2, -0.15) is 0 Å². The van der Waals surface area contributed by atoms with Crippen molar-refractivity contribution in [2.75, 3.05) is 37.8 Å². The van der Waals surface area contributed by atoms with E-state index in [0.717, 1.165) is 25.3 Å². The Morgan fingerprint density at radius 1 is 1.38 bits per heavy atom. The summed E-state index contributed by atoms with van der Waals surface area (Å²) in [5.41, 5.74) is 7.58. The maximum Gasteiger partial charge on any atom is 0.340 e. The van der Waals surface area contributed by atoms with E-state index >= 15 is 0 Å². The summed E-state index contributed by atoms with van der Waals surface area (Å²) >= 11 is 0. The minimum absolute atomic E-state index is 0.259. The fraction of sp³-hybridized carbons (Fsp3) is 0.562. The van der Waals surface area contributed by atoms with Crippen LogP contribution in [-0.4, -0.2) is 43.7 Å². The number of hydrogen-bond donors (Lipinski definition) is 2. The summed E-state index contributed by atoms with van der Waals surface area (Å²) < 4.78 is 4.82. The predicted molar refractivity (Wildman–Crippen MR) is 85.6 cm³/mol. The zero-order valence-electron chi connectivity index (χ0n) is 12.9. The number of nitrogen functional groups attached to an aromatic ring is 1. The van der Waals surface area contributed by atoms with Crippen molar-refractivity contribution >= 4 is 17.3 Å². The number of rotatable bonds is 5. The molecule has 0 spiro atoms. The first kappa shape index (κ1) is 15.6. The van der Waals surface area contributed by atoms with E-state index in [1.165, 1.54) is 26.4 Å². The second-order valence-electron chi connectivity index (χ2n) is 5.70. The summed E-state index contributed by atoms with van der Waals surface area (Å²) in [5, 5.41) is 3.40. The first-order chi connectivity index (χ1) is 10.1. The molecule has 0 amide bonds. The van der Waals surface area contributed by atoms with Crippen LogP contribution < -0.4 is 11.1 Å². The minimum atomic E-state index is -0.366. The first-order valence-electron chi connectivity index (χ1n) is 7.57. The number of anilines is 2. The lowest BCUT2D eigenvalue weighted by molar-refractivity contribution is 0.0602. The van der Waals surface area contributed by atoms with Gasteiger partial charge in [0.25, 0.3) is 0 Å². The number of nitrogens with one attached hydrogen (secondary N) is 1. The number of nitrogens with two attached hydrogens (primary N) is 1. The molecular weight excluding hydrogens is 266 g/mol. The van der Waals surface area contributed by atoms with Gasteiger partial charge in [0.1, 0.15) is 0 Å². The van der Waals surface area contributed by atoms with Crippen molar-refractivity contribution in [3.63, 3.8) is 0 Å². The summed E-state index contributed by atoms with van der Waals surface area (Å²) in [5.74, 6) is -0.366. The fourth-order valence-electron chi connectivity index (χ4n) is 2.81. The highest BCUT2D eigenvalue weighted by atomic mass is 16.5. The number of carbonyl (C=O) groups excluding carboxylic acids is 1. The Hall–Kier alpha value is -1.75. The van der Waals surface area contributed by atoms with Crippen molar-refractivity contribution in [2.24, 2.45) is 0 Å². The van der Waals surface area contributed by atoms with Crippen LogP contribution in [0.25, 0.3) is 0 Å². The minimum Gasteiger partial charge on any atom is -0.465 e. The van der Waals surface area contributed by atoms with E-state index in [0.29, 0.717) is 11.3 Å². The average Bonchev–Trinajstić information content (AvgIpc) is 2.49. The quantitative estimate of drug-likeness (QED) is 0.644. The second kappa shape index (κ2) is 7.31. The number of methoxy groups -OCH3 is 1. The van der Waals surface area contributed by atoms with E-state index < -0.39 is 0 Å². The van der Waals surface area contributed by atoms with E-state index in [9.17, 15) is 4.79 Å². The van der Waals surface area contributed by atoms with Crippen LogP contribution in [0.4, 0.5) is 11.4 Å². The molecule has 3 N–H and O–H groups in total. The molecule has 0 radical (unpaired) electrons. The second-order valence-corrected chi connectivity index (χ2v) is 5.70. The van der Waals surface area contributed by atoms with E-state index in [-0.39, 0.29) is 12.0 Å². The predicted octanol–water partition coefficient (Wildman–Crippen LogP) is 2.34. The molecule has 2 rings (SSSR count). The van der Waals surface area contributed by atoms with E-state index in [1.54, 1.807) is 12.1 Å². The van der Waals surface area contributed by atoms with Gasteiger partial charge in [0.05, 0.1) is 12.7 Å². The normalized spacial score (nSPS) is 17.2. The molecule has 1 aliphatic heterocycles. The van der Waals surface area contributed by atoms with Crippen molar-refractivity contribution in [1.29, 1.82) is 0 Å². The maximum atomic E-state index is 11.8. The first-order valence-corrected chi connectivity index (χ1v) is 7.57. The topological polar surface area (TPSA) is 67.6 Å². The lowest BCUT2D eigenvalue weighted by Crippen LogP contribution is -2.38. The summed E-state index contributed by atoms with van der Waals surface area (Å²) in [7, 11) is 1.38. The van der Waals surface area contributed by atoms with Gasteiger partial charge in [0.15, 0.2) is 0 Å². The molecule has 0 aromatic heterocycles. The molecule has 21 heavy (non-hydrogen) atoms. The zero-order valence-corrected chi connectivity index (χ0v) is 12.9. The third kappa shape index (κ3) is 4.36. The van der Waals surface area contributed by atoms with Crippen LogP contribution in [0.15, 0.2) is 18.2 Å². The van der Waals surface area contributed by atoms with Crippen molar-refractivity contribution < 1.29 is 9.53 Å². The highest BCUT2D eigenvalue weighted by Crippen LogP contribution is 2.21. The molecule has 1 saturated heterocycles. The number of hydrogen-bond acceptors (Lipinski definition) is 5. The Morgan fingerprint density at radius 3 is 2.76 bits per heavy atom. The SMILES string of the molecule is COC(=O)c1cc(N)ccc1NC(C)CN1CCCCC1. The molecule has 1 atom stereocenters. The van der Waals surface area contributed by atoms with Gasteiger partial charge in [0, 0.05) is 24.0 Å². The molecule has 5 nitrogen and oxygen atoms in total. The standard InChI is InChI=1S/C16H25N3O2/c1-12(11-19-8-4-3-5-9-19)18-15-7-6-13(17)10-14(15)16(20)21-2/h6-7,10,12,18H,3-5,8-9,11,17H2,1-2H3. The molecule has 1 aromatic rings. The van der Waals surface area contributed by atoms with Gasteiger partial charge < -0.3 is 20.7 Å². The molecular formula is C16H25N3O2. The van der Waals surface area contributed by atoms with Crippen LogP contribution >= 0.6 is 0 Å². The van der Waals surface area contributed by atoms with Crippen LogP contribution in [0.1, 0.15) is 36.5 Å². The van der Waals surface area contributed by atoms with Crippen molar-refractivity contribution in [1.82, 2.24) is 4.90 Å². The number of benzene rings is 1. The van der Waals surface area contributed by atoms with Crippen LogP contribution in [-0.2, 0) is 4.74 Å². The van der Waals surface area contributed by atoms with E-state index in [2.05, 4.69) is 17.1 Å². The van der Waals surface area contributed by atoms with Crippen LogP contribution in [0, 0.1) is 0 Å². The number of piperidine rings is 1. The van der Waals surface area contributed by atoms with Crippen molar-refractivity contribution in [2.45, 2.75) is 32.2 Å². The van der Waals surface area contributed by atoms with Gasteiger partial charge in [-0.05, 0) is 51.1 Å². The Morgan fingerprint density at radius 2 is 2.10 bits per heavy atom. The zero-order chi connectivity index (χ0) is 15.2. The third-order valence-corrected chi connectivity index (χ3v) is 3.83. The Labute approximate surface area is 126 Å². The monoisotopic (exact) mass is 291 g/mol. The summed E-state index contributed by atoms with van der Waals surface area (Å²) in [6, 6.07) is 5.55. The molecule has 1 unspecified atom stereocenters. The number of likely N-dealkylation sites (tertiary alicyclic amines) is 1. The molecule has 116 valence electrons. The maximum absolute atomic E-state index is 11.8. The van der Waals surface area contributed by atoms with Crippen LogP contribution in [0.5, 0.6) is 0 Å². The van der Waals surface area contributed by atoms with E-state index in [1.807, 2.05) is 6.07 Å². The average molecular weight is 291 g/mol. The lowest BCUT2D eigenvalue weighted by atomic mass is 10.1. The molecule has 1 fully saturated rings. The van der Waals surface area contributed by atoms with Gasteiger partial charge in [-0.3, -0.25) is 0 Å². The number of carbonyl (C=O) groups is 1. The summed E-state index contributed by atoms with van der Waals surface area (Å²) in [6.45, 7) is 5.44. The number of esters is 1. The van der Waals surface area contributed by atoms with E-state index in [4.69, 9.17) is 10.5 Å². The Kier molecular flexibility index (Phi) is 5.44. The van der Waals surface area contributed by atoms with Crippen molar-refractivity contribution in [3.05, 3.63) is 23.8 Å². The fourth-order valence-corrected chi connectivity index (χ4v) is 2.81. The van der Waals surface area contributed by atoms with Gasteiger partial charge in [-0.25, -0.2) is 4.79 Å². The lowest BCUT2D eigenvalue weighted by Gasteiger charge is -2.30. The highest BCUT2D eigenvalue weighted by Gasteiger charge is 2.17. The summed E-state index contributed by atoms with van der Waals surface area (Å²) in [6.07, 6.45) is 3.90. The molecule has 1 aromatic carbocycles.